The number of nitrogens with zero attached hydrogens (tertiary/aromatic N) is 3. The maximum atomic E-state index is 11.6. The standard InChI is InChI=1S/C22H35N3O/c1-19(26)24-15-11-22(12-16-24)25(14-10-20-7-4-3-5-8-20)18-21-9-6-13-23(2)17-21/h3-5,7-8,21-22H,6,9-18H2,1-2H3/t21-/m0/s1. The van der Waals surface area contributed by atoms with E-state index in [0.717, 1.165) is 44.8 Å². The third kappa shape index (κ3) is 5.55. The predicted molar refractivity (Wildman–Crippen MR) is 107 cm³/mol. The van der Waals surface area contributed by atoms with E-state index < -0.39 is 0 Å². The van der Waals surface area contributed by atoms with Crippen LogP contribution in [0, 0.1) is 5.92 Å². The van der Waals surface area contributed by atoms with Gasteiger partial charge < -0.3 is 9.80 Å². The Hall–Kier alpha value is -1.39. The molecule has 1 atom stereocenters. The molecule has 3 rings (SSSR count). The van der Waals surface area contributed by atoms with Crippen molar-refractivity contribution in [1.29, 1.82) is 0 Å². The van der Waals surface area contributed by atoms with Gasteiger partial charge in [0.05, 0.1) is 0 Å². The number of hydrogen-bond donors (Lipinski definition) is 0. The molecular formula is C22H35N3O. The SMILES string of the molecule is CC(=O)N1CCC(N(CCc2ccccc2)C[C@H]2CCCN(C)C2)CC1. The molecule has 26 heavy (non-hydrogen) atoms. The van der Waals surface area contributed by atoms with E-state index in [1.807, 2.05) is 4.90 Å². The first-order valence-electron chi connectivity index (χ1n) is 10.3. The second kappa shape index (κ2) is 9.52. The third-order valence-corrected chi connectivity index (χ3v) is 6.17. The number of likely N-dealkylation sites (tertiary alicyclic amines) is 2. The molecule has 2 saturated heterocycles. The van der Waals surface area contributed by atoms with E-state index in [-0.39, 0.29) is 5.91 Å². The summed E-state index contributed by atoms with van der Waals surface area (Å²) in [6.07, 6.45) is 6.05. The fraction of sp³-hybridized carbons (Fsp3) is 0.682. The highest BCUT2D eigenvalue weighted by Crippen LogP contribution is 2.22. The molecule has 1 aromatic carbocycles. The average Bonchev–Trinajstić information content (AvgIpc) is 2.66. The van der Waals surface area contributed by atoms with Crippen molar-refractivity contribution in [3.63, 3.8) is 0 Å². The van der Waals surface area contributed by atoms with Gasteiger partial charge in [0.25, 0.3) is 0 Å². The minimum absolute atomic E-state index is 0.230. The first-order valence-corrected chi connectivity index (χ1v) is 10.3. The van der Waals surface area contributed by atoms with Gasteiger partial charge in [0, 0.05) is 45.7 Å². The minimum atomic E-state index is 0.230. The lowest BCUT2D eigenvalue weighted by molar-refractivity contribution is -0.130. The molecule has 0 N–H and O–H groups in total. The van der Waals surface area contributed by atoms with Crippen molar-refractivity contribution in [3.8, 4) is 0 Å². The zero-order valence-corrected chi connectivity index (χ0v) is 16.6. The third-order valence-electron chi connectivity index (χ3n) is 6.17. The summed E-state index contributed by atoms with van der Waals surface area (Å²) in [5.41, 5.74) is 1.43. The van der Waals surface area contributed by atoms with Crippen LogP contribution in [0.5, 0.6) is 0 Å². The van der Waals surface area contributed by atoms with Crippen LogP contribution in [0.2, 0.25) is 0 Å². The van der Waals surface area contributed by atoms with Crippen LogP contribution in [-0.2, 0) is 11.2 Å². The van der Waals surface area contributed by atoms with Crippen LogP contribution in [0.3, 0.4) is 0 Å². The van der Waals surface area contributed by atoms with E-state index in [1.165, 1.54) is 38.0 Å². The zero-order chi connectivity index (χ0) is 18.4. The highest BCUT2D eigenvalue weighted by molar-refractivity contribution is 5.73. The Bertz CT molecular complexity index is 554. The topological polar surface area (TPSA) is 26.8 Å². The lowest BCUT2D eigenvalue weighted by atomic mass is 9.95. The Morgan fingerprint density at radius 2 is 1.85 bits per heavy atom. The Morgan fingerprint density at radius 3 is 2.50 bits per heavy atom. The van der Waals surface area contributed by atoms with E-state index >= 15 is 0 Å². The van der Waals surface area contributed by atoms with Gasteiger partial charge in [-0.3, -0.25) is 9.69 Å². The Labute approximate surface area is 159 Å². The molecule has 144 valence electrons. The summed E-state index contributed by atoms with van der Waals surface area (Å²) in [4.78, 5) is 18.9. The fourth-order valence-corrected chi connectivity index (χ4v) is 4.64. The molecular weight excluding hydrogens is 322 g/mol. The van der Waals surface area contributed by atoms with Gasteiger partial charge >= 0.3 is 0 Å². The Kier molecular flexibility index (Phi) is 7.09. The molecule has 0 aliphatic carbocycles. The molecule has 1 aromatic rings. The number of piperidine rings is 2. The van der Waals surface area contributed by atoms with Crippen molar-refractivity contribution in [1.82, 2.24) is 14.7 Å². The van der Waals surface area contributed by atoms with Crippen LogP contribution in [0.1, 0.15) is 38.2 Å². The summed E-state index contributed by atoms with van der Waals surface area (Å²) < 4.78 is 0. The van der Waals surface area contributed by atoms with Crippen molar-refractivity contribution >= 4 is 5.91 Å². The van der Waals surface area contributed by atoms with E-state index in [0.29, 0.717) is 6.04 Å². The fourth-order valence-electron chi connectivity index (χ4n) is 4.64. The van der Waals surface area contributed by atoms with Crippen molar-refractivity contribution in [3.05, 3.63) is 35.9 Å². The molecule has 4 nitrogen and oxygen atoms in total. The van der Waals surface area contributed by atoms with Gasteiger partial charge in [0.1, 0.15) is 0 Å². The minimum Gasteiger partial charge on any atom is -0.343 e. The Balaban J connectivity index is 1.60. The predicted octanol–water partition coefficient (Wildman–Crippen LogP) is 2.88. The molecule has 0 aromatic heterocycles. The molecule has 4 heteroatoms. The van der Waals surface area contributed by atoms with Gasteiger partial charge in [0.2, 0.25) is 5.91 Å². The summed E-state index contributed by atoms with van der Waals surface area (Å²) >= 11 is 0. The van der Waals surface area contributed by atoms with Crippen molar-refractivity contribution < 1.29 is 4.79 Å². The number of carbonyl (C=O) groups excluding carboxylic acids is 1. The highest BCUT2D eigenvalue weighted by atomic mass is 16.2. The summed E-state index contributed by atoms with van der Waals surface area (Å²) in [6, 6.07) is 11.5. The average molecular weight is 358 g/mol. The van der Waals surface area contributed by atoms with Crippen LogP contribution >= 0.6 is 0 Å². The van der Waals surface area contributed by atoms with E-state index in [2.05, 4.69) is 47.2 Å². The maximum absolute atomic E-state index is 11.6. The molecule has 2 aliphatic rings. The number of hydrogen-bond acceptors (Lipinski definition) is 3. The van der Waals surface area contributed by atoms with E-state index in [9.17, 15) is 4.79 Å². The summed E-state index contributed by atoms with van der Waals surface area (Å²) in [5, 5.41) is 0. The molecule has 2 heterocycles. The number of carbonyl (C=O) groups is 1. The van der Waals surface area contributed by atoms with Gasteiger partial charge in [-0.05, 0) is 57.2 Å². The van der Waals surface area contributed by atoms with Gasteiger partial charge in [-0.1, -0.05) is 30.3 Å². The molecule has 2 aliphatic heterocycles. The molecule has 0 unspecified atom stereocenters. The van der Waals surface area contributed by atoms with Crippen LogP contribution in [-0.4, -0.2) is 73.0 Å². The van der Waals surface area contributed by atoms with Gasteiger partial charge in [-0.25, -0.2) is 0 Å². The van der Waals surface area contributed by atoms with Crippen molar-refractivity contribution in [2.75, 3.05) is 46.3 Å². The van der Waals surface area contributed by atoms with Crippen molar-refractivity contribution in [2.24, 2.45) is 5.92 Å². The number of benzene rings is 1. The van der Waals surface area contributed by atoms with E-state index in [4.69, 9.17) is 0 Å². The second-order valence-corrected chi connectivity index (χ2v) is 8.24. The van der Waals surface area contributed by atoms with Crippen molar-refractivity contribution in [2.45, 2.75) is 45.1 Å². The second-order valence-electron chi connectivity index (χ2n) is 8.24. The monoisotopic (exact) mass is 357 g/mol. The number of rotatable bonds is 6. The van der Waals surface area contributed by atoms with Crippen LogP contribution < -0.4 is 0 Å². The first kappa shape index (κ1) is 19.4. The van der Waals surface area contributed by atoms with E-state index in [1.54, 1.807) is 6.92 Å². The van der Waals surface area contributed by atoms with Crippen LogP contribution in [0.4, 0.5) is 0 Å². The van der Waals surface area contributed by atoms with Gasteiger partial charge in [-0.2, -0.15) is 0 Å². The maximum Gasteiger partial charge on any atom is 0.219 e. The zero-order valence-electron chi connectivity index (χ0n) is 16.6. The molecule has 1 amide bonds. The lowest BCUT2D eigenvalue weighted by Gasteiger charge is -2.41. The summed E-state index contributed by atoms with van der Waals surface area (Å²) in [5.74, 6) is 1.02. The Morgan fingerprint density at radius 1 is 1.12 bits per heavy atom. The molecule has 0 radical (unpaired) electrons. The normalized spacial score (nSPS) is 22.7. The quantitative estimate of drug-likeness (QED) is 0.783. The first-order chi connectivity index (χ1) is 12.6. The summed E-state index contributed by atoms with van der Waals surface area (Å²) in [7, 11) is 2.26. The largest absolute Gasteiger partial charge is 0.343 e. The molecule has 0 saturated carbocycles. The molecule has 0 bridgehead atoms. The highest BCUT2D eigenvalue weighted by Gasteiger charge is 2.28. The lowest BCUT2D eigenvalue weighted by Crippen LogP contribution is -2.49. The van der Waals surface area contributed by atoms with Gasteiger partial charge in [0.15, 0.2) is 0 Å². The smallest absolute Gasteiger partial charge is 0.219 e. The summed E-state index contributed by atoms with van der Waals surface area (Å²) in [6.45, 7) is 8.37. The van der Waals surface area contributed by atoms with Crippen LogP contribution in [0.15, 0.2) is 30.3 Å². The van der Waals surface area contributed by atoms with Gasteiger partial charge in [-0.15, -0.1) is 0 Å². The molecule has 0 spiro atoms. The number of amides is 1. The van der Waals surface area contributed by atoms with Crippen LogP contribution in [0.25, 0.3) is 0 Å². The molecule has 2 fully saturated rings.